The van der Waals surface area contributed by atoms with Gasteiger partial charge in [0.25, 0.3) is 5.91 Å². The lowest BCUT2D eigenvalue weighted by Crippen LogP contribution is -2.50. The summed E-state index contributed by atoms with van der Waals surface area (Å²) >= 11 is 0. The summed E-state index contributed by atoms with van der Waals surface area (Å²) in [5, 5.41) is 2.84. The average Bonchev–Trinajstić information content (AvgIpc) is 2.62. The zero-order valence-corrected chi connectivity index (χ0v) is 10.4. The van der Waals surface area contributed by atoms with Gasteiger partial charge in [0.1, 0.15) is 11.6 Å². The number of rotatable bonds is 2. The summed E-state index contributed by atoms with van der Waals surface area (Å²) in [6, 6.07) is 1.08. The van der Waals surface area contributed by atoms with Crippen molar-refractivity contribution in [3.05, 3.63) is 23.6 Å². The number of pyridine rings is 1. The molecule has 0 spiro atoms. The maximum absolute atomic E-state index is 13.1. The van der Waals surface area contributed by atoms with E-state index < -0.39 is 17.3 Å². The van der Waals surface area contributed by atoms with E-state index in [1.165, 1.54) is 0 Å². The van der Waals surface area contributed by atoms with Gasteiger partial charge < -0.3 is 15.8 Å². The van der Waals surface area contributed by atoms with Crippen LogP contribution >= 0.6 is 0 Å². The zero-order valence-electron chi connectivity index (χ0n) is 10.4. The number of nitrogens with zero attached hydrogens (tertiary/aromatic N) is 1. The Morgan fingerprint density at radius 1 is 1.72 bits per heavy atom. The van der Waals surface area contributed by atoms with Crippen molar-refractivity contribution < 1.29 is 13.9 Å². The van der Waals surface area contributed by atoms with Crippen LogP contribution in [0.3, 0.4) is 0 Å². The molecule has 1 aliphatic heterocycles. The van der Waals surface area contributed by atoms with Gasteiger partial charge >= 0.3 is 0 Å². The molecule has 5 nitrogen and oxygen atoms in total. The zero-order chi connectivity index (χ0) is 13.3. The number of nitrogen functional groups attached to an aromatic ring is 1. The Kier molecular flexibility index (Phi) is 3.21. The van der Waals surface area contributed by atoms with Gasteiger partial charge in [-0.2, -0.15) is 0 Å². The molecule has 2 unspecified atom stereocenters. The Bertz CT molecular complexity index is 480. The van der Waals surface area contributed by atoms with Crippen molar-refractivity contribution in [1.29, 1.82) is 0 Å². The maximum Gasteiger partial charge on any atom is 0.255 e. The third-order valence-corrected chi connectivity index (χ3v) is 3.42. The number of nitrogens with one attached hydrogen (secondary N) is 1. The van der Waals surface area contributed by atoms with Gasteiger partial charge in [-0.05, 0) is 26.3 Å². The van der Waals surface area contributed by atoms with E-state index in [9.17, 15) is 9.18 Å². The molecular weight excluding hydrogens is 237 g/mol. The molecule has 0 bridgehead atoms. The predicted octanol–water partition coefficient (Wildman–Crippen LogP) is 1.10. The Balaban J connectivity index is 2.19. The predicted molar refractivity (Wildman–Crippen MR) is 64.5 cm³/mol. The number of nitrogens with two attached hydrogens (primary N) is 1. The van der Waals surface area contributed by atoms with Crippen molar-refractivity contribution in [3.63, 3.8) is 0 Å². The monoisotopic (exact) mass is 253 g/mol. The van der Waals surface area contributed by atoms with Gasteiger partial charge in [0.05, 0.1) is 23.4 Å². The highest BCUT2D eigenvalue weighted by Crippen LogP contribution is 2.25. The summed E-state index contributed by atoms with van der Waals surface area (Å²) in [6.07, 6.45) is 1.60. The van der Waals surface area contributed by atoms with Crippen molar-refractivity contribution in [1.82, 2.24) is 10.3 Å². The van der Waals surface area contributed by atoms with E-state index in [1.807, 2.05) is 13.8 Å². The highest BCUT2D eigenvalue weighted by atomic mass is 19.1. The highest BCUT2D eigenvalue weighted by molar-refractivity contribution is 5.98. The van der Waals surface area contributed by atoms with Gasteiger partial charge in [0, 0.05) is 6.61 Å². The first-order valence-corrected chi connectivity index (χ1v) is 5.77. The number of aromatic nitrogens is 1. The summed E-state index contributed by atoms with van der Waals surface area (Å²) in [7, 11) is 0. The van der Waals surface area contributed by atoms with Crippen molar-refractivity contribution in [2.75, 3.05) is 12.3 Å². The second kappa shape index (κ2) is 4.53. The number of hydrogen-bond acceptors (Lipinski definition) is 4. The lowest BCUT2D eigenvalue weighted by Gasteiger charge is -2.29. The van der Waals surface area contributed by atoms with Gasteiger partial charge in [-0.25, -0.2) is 9.37 Å². The fourth-order valence-electron chi connectivity index (χ4n) is 1.96. The van der Waals surface area contributed by atoms with Crippen molar-refractivity contribution >= 4 is 11.7 Å². The molecule has 18 heavy (non-hydrogen) atoms. The lowest BCUT2D eigenvalue weighted by molar-refractivity contribution is 0.0727. The largest absolute Gasteiger partial charge is 0.383 e. The first kappa shape index (κ1) is 12.8. The summed E-state index contributed by atoms with van der Waals surface area (Å²) in [6.45, 7) is 4.38. The summed E-state index contributed by atoms with van der Waals surface area (Å²) in [5.41, 5.74) is 5.16. The smallest absolute Gasteiger partial charge is 0.255 e. The molecule has 1 amide bonds. The van der Waals surface area contributed by atoms with E-state index in [-0.39, 0.29) is 17.5 Å². The number of carbonyl (C=O) groups is 1. The van der Waals surface area contributed by atoms with Crippen LogP contribution in [0.5, 0.6) is 0 Å². The molecule has 1 fully saturated rings. The van der Waals surface area contributed by atoms with Gasteiger partial charge in [-0.3, -0.25) is 4.79 Å². The SMILES string of the molecule is CC1OCCC1(C)NC(=O)c1cc(F)cnc1N. The van der Waals surface area contributed by atoms with Gasteiger partial charge in [0.2, 0.25) is 0 Å². The molecular formula is C12H16FN3O2. The molecule has 2 atom stereocenters. The molecule has 0 saturated carbocycles. The third-order valence-electron chi connectivity index (χ3n) is 3.42. The van der Waals surface area contributed by atoms with Crippen LogP contribution < -0.4 is 11.1 Å². The number of ether oxygens (including phenoxy) is 1. The van der Waals surface area contributed by atoms with Gasteiger partial charge in [0.15, 0.2) is 0 Å². The molecule has 0 radical (unpaired) electrons. The molecule has 1 saturated heterocycles. The van der Waals surface area contributed by atoms with Crippen LogP contribution in [0.4, 0.5) is 10.2 Å². The third kappa shape index (κ3) is 2.28. The van der Waals surface area contributed by atoms with E-state index in [1.54, 1.807) is 0 Å². The maximum atomic E-state index is 13.1. The molecule has 2 rings (SSSR count). The van der Waals surface area contributed by atoms with E-state index in [2.05, 4.69) is 10.3 Å². The van der Waals surface area contributed by atoms with Crippen LogP contribution in [0, 0.1) is 5.82 Å². The highest BCUT2D eigenvalue weighted by Gasteiger charge is 2.38. The lowest BCUT2D eigenvalue weighted by atomic mass is 9.94. The van der Waals surface area contributed by atoms with Crippen LogP contribution in [0.1, 0.15) is 30.6 Å². The second-order valence-electron chi connectivity index (χ2n) is 4.72. The molecule has 0 aliphatic carbocycles. The van der Waals surface area contributed by atoms with Crippen LogP contribution in [0.2, 0.25) is 0 Å². The number of hydrogen-bond donors (Lipinski definition) is 2. The molecule has 0 aromatic carbocycles. The first-order chi connectivity index (χ1) is 8.42. The minimum absolute atomic E-state index is 0.0177. The number of halogens is 1. The standard InChI is InChI=1S/C12H16FN3O2/c1-7-12(2,3-4-18-7)16-11(17)9-5-8(13)6-15-10(9)14/h5-7H,3-4H2,1-2H3,(H2,14,15)(H,16,17). The Morgan fingerprint density at radius 2 is 2.44 bits per heavy atom. The average molecular weight is 253 g/mol. The molecule has 3 N–H and O–H groups in total. The van der Waals surface area contributed by atoms with E-state index in [0.29, 0.717) is 13.0 Å². The van der Waals surface area contributed by atoms with E-state index in [4.69, 9.17) is 10.5 Å². The topological polar surface area (TPSA) is 77.2 Å². The Hall–Kier alpha value is -1.69. The summed E-state index contributed by atoms with van der Waals surface area (Å²) < 4.78 is 18.5. The first-order valence-electron chi connectivity index (χ1n) is 5.77. The van der Waals surface area contributed by atoms with Crippen LogP contribution in [0.15, 0.2) is 12.3 Å². The Labute approximate surface area is 105 Å². The van der Waals surface area contributed by atoms with Gasteiger partial charge in [-0.15, -0.1) is 0 Å². The molecule has 6 heteroatoms. The molecule has 2 heterocycles. The number of carbonyl (C=O) groups excluding carboxylic acids is 1. The van der Waals surface area contributed by atoms with Crippen LogP contribution in [-0.4, -0.2) is 29.1 Å². The van der Waals surface area contributed by atoms with Crippen molar-refractivity contribution in [2.24, 2.45) is 0 Å². The molecule has 1 aliphatic rings. The molecule has 1 aromatic rings. The normalized spacial score (nSPS) is 27.2. The van der Waals surface area contributed by atoms with Crippen molar-refractivity contribution in [2.45, 2.75) is 31.9 Å². The quantitative estimate of drug-likeness (QED) is 0.827. The number of anilines is 1. The summed E-state index contributed by atoms with van der Waals surface area (Å²) in [4.78, 5) is 15.7. The van der Waals surface area contributed by atoms with Crippen LogP contribution in [-0.2, 0) is 4.74 Å². The van der Waals surface area contributed by atoms with E-state index in [0.717, 1.165) is 12.3 Å². The van der Waals surface area contributed by atoms with Crippen LogP contribution in [0.25, 0.3) is 0 Å². The van der Waals surface area contributed by atoms with Gasteiger partial charge in [-0.1, -0.05) is 0 Å². The minimum Gasteiger partial charge on any atom is -0.383 e. The number of amides is 1. The minimum atomic E-state index is -0.588. The molecule has 98 valence electrons. The Morgan fingerprint density at radius 3 is 3.06 bits per heavy atom. The molecule has 1 aromatic heterocycles. The van der Waals surface area contributed by atoms with E-state index >= 15 is 0 Å². The van der Waals surface area contributed by atoms with Crippen molar-refractivity contribution in [3.8, 4) is 0 Å². The fourth-order valence-corrected chi connectivity index (χ4v) is 1.96. The fraction of sp³-hybridized carbons (Fsp3) is 0.500. The second-order valence-corrected chi connectivity index (χ2v) is 4.72. The summed E-state index contributed by atoms with van der Waals surface area (Å²) in [5.74, 6) is -1.00.